The summed E-state index contributed by atoms with van der Waals surface area (Å²) >= 11 is 0. The molecule has 6 heteroatoms. The van der Waals surface area contributed by atoms with Crippen molar-refractivity contribution in [1.29, 1.82) is 0 Å². The Hall–Kier alpha value is -2.86. The zero-order valence-corrected chi connectivity index (χ0v) is 13.9. The number of fused-ring (bicyclic) bond motifs is 1. The standard InChI is InChI=1S/C19H20N4O2/c1-2-7-21-16(3-1)6-8-20-12-15-13-22-23-19(15)14-4-5-17-18(11-14)25-10-9-24-17/h1-5,7,11,13,20H,6,8-10,12H2,(H,22,23). The van der Waals surface area contributed by atoms with Gasteiger partial charge in [0.05, 0.1) is 11.9 Å². The van der Waals surface area contributed by atoms with E-state index >= 15 is 0 Å². The van der Waals surface area contributed by atoms with E-state index in [1.807, 2.05) is 48.8 Å². The average molecular weight is 336 g/mol. The lowest BCUT2D eigenvalue weighted by Crippen LogP contribution is -2.17. The van der Waals surface area contributed by atoms with E-state index in [9.17, 15) is 0 Å². The second kappa shape index (κ2) is 7.36. The highest BCUT2D eigenvalue weighted by molar-refractivity contribution is 5.66. The molecule has 0 bridgehead atoms. The van der Waals surface area contributed by atoms with Gasteiger partial charge in [-0.25, -0.2) is 0 Å². The highest BCUT2D eigenvalue weighted by Crippen LogP contribution is 2.34. The second-order valence-corrected chi connectivity index (χ2v) is 5.88. The van der Waals surface area contributed by atoms with Gasteiger partial charge in [-0.1, -0.05) is 6.07 Å². The van der Waals surface area contributed by atoms with E-state index < -0.39 is 0 Å². The molecule has 0 amide bonds. The van der Waals surface area contributed by atoms with Crippen LogP contribution in [0.5, 0.6) is 11.5 Å². The van der Waals surface area contributed by atoms with Gasteiger partial charge in [0.2, 0.25) is 0 Å². The fraction of sp³-hybridized carbons (Fsp3) is 0.263. The second-order valence-electron chi connectivity index (χ2n) is 5.88. The monoisotopic (exact) mass is 336 g/mol. The quantitative estimate of drug-likeness (QED) is 0.677. The van der Waals surface area contributed by atoms with Gasteiger partial charge in [0.1, 0.15) is 13.2 Å². The number of ether oxygens (including phenoxy) is 2. The minimum atomic E-state index is 0.585. The summed E-state index contributed by atoms with van der Waals surface area (Å²) in [6.07, 6.45) is 4.59. The molecule has 1 aliphatic rings. The molecule has 0 saturated heterocycles. The number of hydrogen-bond donors (Lipinski definition) is 2. The lowest BCUT2D eigenvalue weighted by Gasteiger charge is -2.18. The van der Waals surface area contributed by atoms with Gasteiger partial charge in [0, 0.05) is 42.5 Å². The maximum absolute atomic E-state index is 5.67. The van der Waals surface area contributed by atoms with Gasteiger partial charge >= 0.3 is 0 Å². The zero-order chi connectivity index (χ0) is 16.9. The number of aromatic nitrogens is 3. The number of benzene rings is 1. The van der Waals surface area contributed by atoms with Crippen molar-refractivity contribution in [2.75, 3.05) is 19.8 Å². The number of H-pyrrole nitrogens is 1. The first-order valence-corrected chi connectivity index (χ1v) is 8.43. The Kier molecular flexibility index (Phi) is 4.61. The van der Waals surface area contributed by atoms with Crippen LogP contribution in [0.2, 0.25) is 0 Å². The van der Waals surface area contributed by atoms with Crippen LogP contribution in [0, 0.1) is 0 Å². The van der Waals surface area contributed by atoms with E-state index in [1.165, 1.54) is 0 Å². The van der Waals surface area contributed by atoms with Gasteiger partial charge in [0.15, 0.2) is 11.5 Å². The molecular formula is C19H20N4O2. The van der Waals surface area contributed by atoms with Crippen molar-refractivity contribution in [3.63, 3.8) is 0 Å². The van der Waals surface area contributed by atoms with Gasteiger partial charge in [-0.15, -0.1) is 0 Å². The van der Waals surface area contributed by atoms with E-state index in [-0.39, 0.29) is 0 Å². The van der Waals surface area contributed by atoms with Crippen molar-refractivity contribution in [2.45, 2.75) is 13.0 Å². The molecule has 2 aromatic heterocycles. The van der Waals surface area contributed by atoms with E-state index in [0.717, 1.165) is 53.5 Å². The molecule has 3 aromatic rings. The first-order chi connectivity index (χ1) is 12.4. The van der Waals surface area contributed by atoms with Gasteiger partial charge in [-0.3, -0.25) is 10.1 Å². The minimum absolute atomic E-state index is 0.585. The molecular weight excluding hydrogens is 316 g/mol. The Bertz CT molecular complexity index is 832. The predicted molar refractivity (Wildman–Crippen MR) is 94.7 cm³/mol. The SMILES string of the molecule is c1ccc(CCNCc2cn[nH]c2-c2ccc3c(c2)OCCO3)nc1. The molecule has 1 aromatic carbocycles. The topological polar surface area (TPSA) is 72.1 Å². The molecule has 0 radical (unpaired) electrons. The molecule has 3 heterocycles. The van der Waals surface area contributed by atoms with E-state index in [0.29, 0.717) is 13.2 Å². The predicted octanol–water partition coefficient (Wildman–Crippen LogP) is 2.58. The molecule has 6 nitrogen and oxygen atoms in total. The lowest BCUT2D eigenvalue weighted by atomic mass is 10.1. The number of nitrogens with one attached hydrogen (secondary N) is 2. The molecule has 4 rings (SSSR count). The summed E-state index contributed by atoms with van der Waals surface area (Å²) in [7, 11) is 0. The van der Waals surface area contributed by atoms with Gasteiger partial charge in [-0.2, -0.15) is 5.10 Å². The molecule has 2 N–H and O–H groups in total. The molecule has 0 fully saturated rings. The first kappa shape index (κ1) is 15.7. The first-order valence-electron chi connectivity index (χ1n) is 8.43. The van der Waals surface area contributed by atoms with Crippen LogP contribution in [0.1, 0.15) is 11.3 Å². The molecule has 0 atom stereocenters. The summed E-state index contributed by atoms with van der Waals surface area (Å²) in [6, 6.07) is 12.0. The average Bonchev–Trinajstić information content (AvgIpc) is 3.14. The molecule has 25 heavy (non-hydrogen) atoms. The summed E-state index contributed by atoms with van der Waals surface area (Å²) in [5.74, 6) is 1.58. The third-order valence-electron chi connectivity index (χ3n) is 4.15. The van der Waals surface area contributed by atoms with Crippen LogP contribution in [-0.4, -0.2) is 34.9 Å². The van der Waals surface area contributed by atoms with Crippen LogP contribution in [0.3, 0.4) is 0 Å². The Morgan fingerprint density at radius 2 is 2.00 bits per heavy atom. The Balaban J connectivity index is 1.40. The molecule has 1 aliphatic heterocycles. The molecule has 128 valence electrons. The number of pyridine rings is 1. The molecule has 0 saturated carbocycles. The number of aromatic amines is 1. The van der Waals surface area contributed by atoms with Crippen LogP contribution in [0.4, 0.5) is 0 Å². The Morgan fingerprint density at radius 3 is 2.88 bits per heavy atom. The maximum Gasteiger partial charge on any atom is 0.162 e. The van der Waals surface area contributed by atoms with E-state index in [1.54, 1.807) is 0 Å². The third kappa shape index (κ3) is 3.64. The largest absolute Gasteiger partial charge is 0.486 e. The van der Waals surface area contributed by atoms with Gasteiger partial charge in [-0.05, 0) is 30.3 Å². The van der Waals surface area contributed by atoms with Crippen LogP contribution in [0.15, 0.2) is 48.8 Å². The van der Waals surface area contributed by atoms with Crippen LogP contribution in [-0.2, 0) is 13.0 Å². The van der Waals surface area contributed by atoms with Crippen molar-refractivity contribution in [1.82, 2.24) is 20.5 Å². The number of nitrogens with zero attached hydrogens (tertiary/aromatic N) is 2. The summed E-state index contributed by atoms with van der Waals surface area (Å²) in [5, 5.41) is 10.7. The van der Waals surface area contributed by atoms with Crippen LogP contribution in [0.25, 0.3) is 11.3 Å². The molecule has 0 unspecified atom stereocenters. The highest BCUT2D eigenvalue weighted by Gasteiger charge is 2.14. The fourth-order valence-corrected chi connectivity index (χ4v) is 2.88. The Labute approximate surface area is 146 Å². The summed E-state index contributed by atoms with van der Waals surface area (Å²) in [4.78, 5) is 4.34. The number of hydrogen-bond acceptors (Lipinski definition) is 5. The molecule has 0 aliphatic carbocycles. The smallest absolute Gasteiger partial charge is 0.162 e. The summed E-state index contributed by atoms with van der Waals surface area (Å²) in [6.45, 7) is 2.79. The maximum atomic E-state index is 5.67. The van der Waals surface area contributed by atoms with Crippen molar-refractivity contribution in [3.05, 3.63) is 60.0 Å². The summed E-state index contributed by atoms with van der Waals surface area (Å²) in [5.41, 5.74) is 4.26. The van der Waals surface area contributed by atoms with Crippen LogP contribution < -0.4 is 14.8 Å². The van der Waals surface area contributed by atoms with Gasteiger partial charge < -0.3 is 14.8 Å². The fourth-order valence-electron chi connectivity index (χ4n) is 2.88. The van der Waals surface area contributed by atoms with E-state index in [4.69, 9.17) is 9.47 Å². The van der Waals surface area contributed by atoms with Crippen molar-refractivity contribution >= 4 is 0 Å². The van der Waals surface area contributed by atoms with Crippen molar-refractivity contribution in [2.24, 2.45) is 0 Å². The van der Waals surface area contributed by atoms with E-state index in [2.05, 4.69) is 20.5 Å². The van der Waals surface area contributed by atoms with Crippen molar-refractivity contribution in [3.8, 4) is 22.8 Å². The highest BCUT2D eigenvalue weighted by atomic mass is 16.6. The van der Waals surface area contributed by atoms with Gasteiger partial charge in [0.25, 0.3) is 0 Å². The lowest BCUT2D eigenvalue weighted by molar-refractivity contribution is 0.171. The van der Waals surface area contributed by atoms with Crippen molar-refractivity contribution < 1.29 is 9.47 Å². The Morgan fingerprint density at radius 1 is 1.08 bits per heavy atom. The zero-order valence-electron chi connectivity index (χ0n) is 13.9. The number of rotatable bonds is 6. The molecule has 0 spiro atoms. The summed E-state index contributed by atoms with van der Waals surface area (Å²) < 4.78 is 11.2. The minimum Gasteiger partial charge on any atom is -0.486 e. The third-order valence-corrected chi connectivity index (χ3v) is 4.15. The normalized spacial score (nSPS) is 13.0. The van der Waals surface area contributed by atoms with Crippen LogP contribution >= 0.6 is 0 Å².